The second-order valence-corrected chi connectivity index (χ2v) is 4.72. The van der Waals surface area contributed by atoms with Gasteiger partial charge in [0, 0.05) is 12.2 Å². The molecule has 0 saturated heterocycles. The van der Waals surface area contributed by atoms with Gasteiger partial charge in [-0.1, -0.05) is 32.0 Å². The van der Waals surface area contributed by atoms with Crippen LogP contribution in [0.2, 0.25) is 0 Å². The van der Waals surface area contributed by atoms with E-state index in [1.165, 1.54) is 10.9 Å². The molecule has 6 heteroatoms. The predicted molar refractivity (Wildman–Crippen MR) is 75.3 cm³/mol. The summed E-state index contributed by atoms with van der Waals surface area (Å²) in [4.78, 5) is 0. The van der Waals surface area contributed by atoms with Crippen molar-refractivity contribution in [3.8, 4) is 5.69 Å². The molecule has 1 heterocycles. The Hall–Kier alpha value is -1.82. The molecular weight excluding hydrogens is 279 g/mol. The topological polar surface area (TPSA) is 29.9 Å². The van der Waals surface area contributed by atoms with Crippen LogP contribution in [0, 0.1) is 0 Å². The van der Waals surface area contributed by atoms with Gasteiger partial charge in [-0.05, 0) is 30.7 Å². The molecule has 1 aromatic carbocycles. The van der Waals surface area contributed by atoms with Gasteiger partial charge in [-0.3, -0.25) is 0 Å². The number of halogens is 3. The summed E-state index contributed by atoms with van der Waals surface area (Å²) >= 11 is 0. The van der Waals surface area contributed by atoms with Gasteiger partial charge < -0.3 is 5.32 Å². The van der Waals surface area contributed by atoms with Gasteiger partial charge in [0.1, 0.15) is 0 Å². The molecule has 2 aromatic rings. The lowest BCUT2D eigenvalue weighted by atomic mass is 10.0. The average Bonchev–Trinajstić information content (AvgIpc) is 2.94. The molecule has 1 unspecified atom stereocenters. The summed E-state index contributed by atoms with van der Waals surface area (Å²) in [6.07, 6.45) is -2.23. The highest BCUT2D eigenvalue weighted by atomic mass is 19.4. The molecule has 0 spiro atoms. The summed E-state index contributed by atoms with van der Waals surface area (Å²) in [5.41, 5.74) is 0.730. The largest absolute Gasteiger partial charge is 0.435 e. The van der Waals surface area contributed by atoms with Crippen molar-refractivity contribution in [1.82, 2.24) is 15.1 Å². The molecule has 1 atom stereocenters. The lowest BCUT2D eigenvalue weighted by Gasteiger charge is -2.19. The van der Waals surface area contributed by atoms with Crippen molar-refractivity contribution >= 4 is 0 Å². The van der Waals surface area contributed by atoms with E-state index >= 15 is 0 Å². The Kier molecular flexibility index (Phi) is 4.67. The first-order valence-corrected chi connectivity index (χ1v) is 6.93. The first-order chi connectivity index (χ1) is 9.97. The maximum absolute atomic E-state index is 12.7. The van der Waals surface area contributed by atoms with E-state index in [9.17, 15) is 13.2 Å². The number of nitrogens with zero attached hydrogens (tertiary/aromatic N) is 2. The monoisotopic (exact) mass is 297 g/mol. The van der Waals surface area contributed by atoms with Crippen molar-refractivity contribution in [1.29, 1.82) is 0 Å². The molecule has 2 rings (SSSR count). The van der Waals surface area contributed by atoms with Crippen LogP contribution < -0.4 is 5.32 Å². The average molecular weight is 297 g/mol. The van der Waals surface area contributed by atoms with E-state index in [2.05, 4.69) is 10.4 Å². The highest BCUT2D eigenvalue weighted by Gasteiger charge is 2.33. The molecule has 3 nitrogen and oxygen atoms in total. The maximum Gasteiger partial charge on any atom is 0.435 e. The van der Waals surface area contributed by atoms with Gasteiger partial charge >= 0.3 is 6.18 Å². The smallest absolute Gasteiger partial charge is 0.310 e. The number of benzene rings is 1. The molecule has 0 aliphatic carbocycles. The van der Waals surface area contributed by atoms with Crippen LogP contribution in [0.5, 0.6) is 0 Å². The summed E-state index contributed by atoms with van der Waals surface area (Å²) < 4.78 is 39.3. The molecule has 0 aliphatic rings. The fraction of sp³-hybridized carbons (Fsp3) is 0.400. The van der Waals surface area contributed by atoms with Crippen LogP contribution in [0.1, 0.15) is 37.6 Å². The van der Waals surface area contributed by atoms with Gasteiger partial charge in [0.25, 0.3) is 0 Å². The first kappa shape index (κ1) is 15.6. The number of rotatable bonds is 5. The quantitative estimate of drug-likeness (QED) is 0.905. The van der Waals surface area contributed by atoms with Crippen LogP contribution in [0.25, 0.3) is 5.69 Å². The van der Waals surface area contributed by atoms with Crippen LogP contribution in [0.4, 0.5) is 13.2 Å². The third-order valence-electron chi connectivity index (χ3n) is 3.30. The number of hydrogen-bond donors (Lipinski definition) is 1. The van der Waals surface area contributed by atoms with Crippen LogP contribution in [-0.2, 0) is 6.18 Å². The van der Waals surface area contributed by atoms with Crippen molar-refractivity contribution in [2.45, 2.75) is 32.5 Å². The van der Waals surface area contributed by atoms with E-state index in [1.54, 1.807) is 12.1 Å². The van der Waals surface area contributed by atoms with Crippen molar-refractivity contribution in [3.63, 3.8) is 0 Å². The van der Waals surface area contributed by atoms with E-state index in [0.29, 0.717) is 5.69 Å². The second-order valence-electron chi connectivity index (χ2n) is 4.72. The third kappa shape index (κ3) is 3.44. The van der Waals surface area contributed by atoms with Gasteiger partial charge in [-0.25, -0.2) is 4.68 Å². The summed E-state index contributed by atoms with van der Waals surface area (Å²) in [5, 5.41) is 6.99. The minimum Gasteiger partial charge on any atom is -0.310 e. The van der Waals surface area contributed by atoms with Crippen molar-refractivity contribution in [2.75, 3.05) is 6.54 Å². The lowest BCUT2D eigenvalue weighted by Crippen LogP contribution is -2.21. The number of para-hydroxylation sites is 1. The van der Waals surface area contributed by atoms with Gasteiger partial charge in [0.05, 0.1) is 5.69 Å². The Balaban J connectivity index is 2.42. The highest BCUT2D eigenvalue weighted by molar-refractivity contribution is 5.42. The lowest BCUT2D eigenvalue weighted by molar-refractivity contribution is -0.141. The molecule has 0 bridgehead atoms. The predicted octanol–water partition coefficient (Wildman–Crippen LogP) is 3.95. The molecule has 0 fully saturated rings. The minimum absolute atomic E-state index is 0.0877. The standard InChI is InChI=1S/C15H18F3N3/c1-3-12(19-4-2)11-7-5-6-8-13(11)21-10-9-14(20-21)15(16,17)18/h5-10,12,19H,3-4H2,1-2H3. The van der Waals surface area contributed by atoms with Crippen LogP contribution in [0.15, 0.2) is 36.5 Å². The summed E-state index contributed by atoms with van der Waals surface area (Å²) in [5.74, 6) is 0. The van der Waals surface area contributed by atoms with E-state index in [0.717, 1.165) is 24.6 Å². The normalized spacial score (nSPS) is 13.4. The Morgan fingerprint density at radius 1 is 1.19 bits per heavy atom. The second kappa shape index (κ2) is 6.30. The number of alkyl halides is 3. The van der Waals surface area contributed by atoms with Crippen molar-refractivity contribution < 1.29 is 13.2 Å². The van der Waals surface area contributed by atoms with E-state index in [-0.39, 0.29) is 6.04 Å². The number of nitrogens with one attached hydrogen (secondary N) is 1. The molecule has 0 saturated carbocycles. The zero-order valence-corrected chi connectivity index (χ0v) is 12.0. The molecule has 1 N–H and O–H groups in total. The van der Waals surface area contributed by atoms with Gasteiger partial charge in [-0.15, -0.1) is 0 Å². The van der Waals surface area contributed by atoms with Crippen molar-refractivity contribution in [3.05, 3.63) is 47.8 Å². The van der Waals surface area contributed by atoms with Gasteiger partial charge in [-0.2, -0.15) is 18.3 Å². The molecule has 0 radical (unpaired) electrons. The summed E-state index contributed by atoms with van der Waals surface area (Å²) in [6.45, 7) is 4.83. The fourth-order valence-electron chi connectivity index (χ4n) is 2.32. The molecule has 114 valence electrons. The fourth-order valence-corrected chi connectivity index (χ4v) is 2.32. The van der Waals surface area contributed by atoms with Crippen LogP contribution in [-0.4, -0.2) is 16.3 Å². The number of aromatic nitrogens is 2. The Bertz CT molecular complexity index is 590. The maximum atomic E-state index is 12.7. The Labute approximate surface area is 121 Å². The SMILES string of the molecule is CCNC(CC)c1ccccc1-n1ccc(C(F)(F)F)n1. The molecular formula is C15H18F3N3. The van der Waals surface area contributed by atoms with Crippen LogP contribution in [0.3, 0.4) is 0 Å². The minimum atomic E-state index is -4.42. The Morgan fingerprint density at radius 3 is 2.48 bits per heavy atom. The Morgan fingerprint density at radius 2 is 1.90 bits per heavy atom. The van der Waals surface area contributed by atoms with E-state index in [4.69, 9.17) is 0 Å². The highest BCUT2D eigenvalue weighted by Crippen LogP contribution is 2.29. The number of hydrogen-bond acceptors (Lipinski definition) is 2. The summed E-state index contributed by atoms with van der Waals surface area (Å²) in [6, 6.07) is 8.46. The zero-order valence-electron chi connectivity index (χ0n) is 12.0. The van der Waals surface area contributed by atoms with Crippen LogP contribution >= 0.6 is 0 Å². The first-order valence-electron chi connectivity index (χ1n) is 6.93. The molecule has 0 amide bonds. The molecule has 0 aliphatic heterocycles. The zero-order chi connectivity index (χ0) is 15.5. The van der Waals surface area contributed by atoms with Gasteiger partial charge in [0.15, 0.2) is 5.69 Å². The third-order valence-corrected chi connectivity index (χ3v) is 3.30. The molecule has 21 heavy (non-hydrogen) atoms. The van der Waals surface area contributed by atoms with E-state index < -0.39 is 11.9 Å². The van der Waals surface area contributed by atoms with Gasteiger partial charge in [0.2, 0.25) is 0 Å². The van der Waals surface area contributed by atoms with Crippen molar-refractivity contribution in [2.24, 2.45) is 0 Å². The molecule has 1 aromatic heterocycles. The van der Waals surface area contributed by atoms with E-state index in [1.807, 2.05) is 26.0 Å². The summed E-state index contributed by atoms with van der Waals surface area (Å²) in [7, 11) is 0.